The molecular formula is C17H11F3N2O4. The zero-order chi connectivity index (χ0) is 18.7. The summed E-state index contributed by atoms with van der Waals surface area (Å²) in [5.74, 6) is -1.37. The average molecular weight is 364 g/mol. The topological polar surface area (TPSA) is 84.5 Å². The largest absolute Gasteiger partial charge is 0.472 e. The van der Waals surface area contributed by atoms with Crippen molar-refractivity contribution in [1.82, 2.24) is 0 Å². The van der Waals surface area contributed by atoms with Crippen molar-refractivity contribution in [2.24, 2.45) is 0 Å². The predicted molar refractivity (Wildman–Crippen MR) is 84.8 cm³/mol. The van der Waals surface area contributed by atoms with Crippen molar-refractivity contribution in [3.05, 3.63) is 72.1 Å². The number of alkyl halides is 3. The fourth-order valence-corrected chi connectivity index (χ4v) is 2.15. The number of furan rings is 2. The van der Waals surface area contributed by atoms with E-state index in [1.165, 1.54) is 37.0 Å². The molecule has 2 aromatic heterocycles. The summed E-state index contributed by atoms with van der Waals surface area (Å²) < 4.78 is 49.5. The molecule has 3 rings (SSSR count). The molecule has 0 bridgehead atoms. The number of amides is 2. The molecule has 134 valence electrons. The van der Waals surface area contributed by atoms with Crippen molar-refractivity contribution in [3.8, 4) is 0 Å². The number of benzene rings is 1. The highest BCUT2D eigenvalue weighted by molar-refractivity contribution is 6.06. The molecule has 2 N–H and O–H groups in total. The summed E-state index contributed by atoms with van der Waals surface area (Å²) in [6.45, 7) is 0. The van der Waals surface area contributed by atoms with Crippen molar-refractivity contribution >= 4 is 23.2 Å². The average Bonchev–Trinajstić information content (AvgIpc) is 3.29. The van der Waals surface area contributed by atoms with Gasteiger partial charge in [0, 0.05) is 5.69 Å². The van der Waals surface area contributed by atoms with Gasteiger partial charge >= 0.3 is 6.18 Å². The molecule has 0 aliphatic heterocycles. The van der Waals surface area contributed by atoms with Gasteiger partial charge in [-0.2, -0.15) is 13.2 Å². The Morgan fingerprint density at radius 1 is 0.846 bits per heavy atom. The van der Waals surface area contributed by atoms with Crippen LogP contribution in [0.5, 0.6) is 0 Å². The van der Waals surface area contributed by atoms with E-state index in [1.54, 1.807) is 0 Å². The zero-order valence-electron chi connectivity index (χ0n) is 13.0. The lowest BCUT2D eigenvalue weighted by Crippen LogP contribution is -2.17. The molecule has 0 aliphatic carbocycles. The van der Waals surface area contributed by atoms with Crippen molar-refractivity contribution in [2.75, 3.05) is 10.6 Å². The van der Waals surface area contributed by atoms with Gasteiger partial charge in [-0.1, -0.05) is 0 Å². The maximum Gasteiger partial charge on any atom is 0.418 e. The van der Waals surface area contributed by atoms with Crippen molar-refractivity contribution in [3.63, 3.8) is 0 Å². The van der Waals surface area contributed by atoms with Crippen LogP contribution >= 0.6 is 0 Å². The lowest BCUT2D eigenvalue weighted by Gasteiger charge is -2.15. The van der Waals surface area contributed by atoms with Crippen LogP contribution in [0.3, 0.4) is 0 Å². The molecule has 0 radical (unpaired) electrons. The van der Waals surface area contributed by atoms with Crippen LogP contribution in [0.4, 0.5) is 24.5 Å². The number of anilines is 2. The SMILES string of the molecule is O=C(Nc1ccc(NC(=O)c2ccoc2)c(C(F)(F)F)c1)c1ccoc1. The first-order valence-corrected chi connectivity index (χ1v) is 7.23. The third-order valence-corrected chi connectivity index (χ3v) is 3.40. The number of hydrogen-bond acceptors (Lipinski definition) is 4. The monoisotopic (exact) mass is 364 g/mol. The predicted octanol–water partition coefficient (Wildman–Crippen LogP) is 4.40. The minimum Gasteiger partial charge on any atom is -0.472 e. The lowest BCUT2D eigenvalue weighted by molar-refractivity contribution is -0.136. The summed E-state index contributed by atoms with van der Waals surface area (Å²) in [5.41, 5.74) is -1.37. The maximum atomic E-state index is 13.3. The highest BCUT2D eigenvalue weighted by Crippen LogP contribution is 2.37. The molecule has 6 nitrogen and oxygen atoms in total. The van der Waals surface area contributed by atoms with Crippen LogP contribution in [-0.2, 0) is 6.18 Å². The van der Waals surface area contributed by atoms with E-state index in [-0.39, 0.29) is 16.8 Å². The van der Waals surface area contributed by atoms with Crippen LogP contribution < -0.4 is 10.6 Å². The van der Waals surface area contributed by atoms with E-state index in [4.69, 9.17) is 8.83 Å². The number of rotatable bonds is 4. The Kier molecular flexibility index (Phi) is 4.53. The third-order valence-electron chi connectivity index (χ3n) is 3.40. The van der Waals surface area contributed by atoms with E-state index in [0.29, 0.717) is 0 Å². The third kappa shape index (κ3) is 3.77. The Balaban J connectivity index is 1.86. The molecule has 0 unspecified atom stereocenters. The summed E-state index contributed by atoms with van der Waals surface area (Å²) in [6, 6.07) is 5.74. The second-order valence-electron chi connectivity index (χ2n) is 5.19. The molecular weight excluding hydrogens is 353 g/mol. The van der Waals surface area contributed by atoms with Gasteiger partial charge in [0.05, 0.1) is 34.9 Å². The van der Waals surface area contributed by atoms with Crippen LogP contribution in [0.25, 0.3) is 0 Å². The van der Waals surface area contributed by atoms with Gasteiger partial charge in [-0.05, 0) is 30.3 Å². The molecule has 0 atom stereocenters. The van der Waals surface area contributed by atoms with Gasteiger partial charge in [0.15, 0.2) is 0 Å². The molecule has 3 aromatic rings. The van der Waals surface area contributed by atoms with Gasteiger partial charge in [0.2, 0.25) is 0 Å². The number of nitrogens with one attached hydrogen (secondary N) is 2. The van der Waals surface area contributed by atoms with Gasteiger partial charge in [0.25, 0.3) is 11.8 Å². The number of halogens is 3. The normalized spacial score (nSPS) is 11.2. The van der Waals surface area contributed by atoms with E-state index in [0.717, 1.165) is 18.4 Å². The van der Waals surface area contributed by atoms with E-state index in [1.807, 2.05) is 0 Å². The van der Waals surface area contributed by atoms with Gasteiger partial charge in [0.1, 0.15) is 12.5 Å². The Bertz CT molecular complexity index is 916. The van der Waals surface area contributed by atoms with Gasteiger partial charge in [-0.25, -0.2) is 0 Å². The zero-order valence-corrected chi connectivity index (χ0v) is 13.0. The maximum absolute atomic E-state index is 13.3. The number of carbonyl (C=O) groups excluding carboxylic acids is 2. The smallest absolute Gasteiger partial charge is 0.418 e. The van der Waals surface area contributed by atoms with E-state index >= 15 is 0 Å². The molecule has 2 heterocycles. The van der Waals surface area contributed by atoms with Crippen LogP contribution in [0, 0.1) is 0 Å². The highest BCUT2D eigenvalue weighted by atomic mass is 19.4. The van der Waals surface area contributed by atoms with Crippen LogP contribution in [0.15, 0.2) is 64.2 Å². The summed E-state index contributed by atoms with van der Waals surface area (Å²) in [5, 5.41) is 4.52. The van der Waals surface area contributed by atoms with Crippen LogP contribution in [-0.4, -0.2) is 11.8 Å². The van der Waals surface area contributed by atoms with Crippen LogP contribution in [0.2, 0.25) is 0 Å². The van der Waals surface area contributed by atoms with E-state index in [2.05, 4.69) is 10.6 Å². The first kappa shape index (κ1) is 17.3. The Morgan fingerprint density at radius 2 is 1.42 bits per heavy atom. The summed E-state index contributed by atoms with van der Waals surface area (Å²) >= 11 is 0. The first-order valence-electron chi connectivity index (χ1n) is 7.23. The quantitative estimate of drug-likeness (QED) is 0.719. The molecule has 9 heteroatoms. The van der Waals surface area contributed by atoms with Gasteiger partial charge in [-0.15, -0.1) is 0 Å². The molecule has 2 amide bonds. The Labute approximate surface area is 144 Å². The van der Waals surface area contributed by atoms with E-state index < -0.39 is 29.2 Å². The van der Waals surface area contributed by atoms with Gasteiger partial charge < -0.3 is 19.5 Å². The molecule has 0 saturated carbocycles. The van der Waals surface area contributed by atoms with Crippen LogP contribution in [0.1, 0.15) is 26.3 Å². The highest BCUT2D eigenvalue weighted by Gasteiger charge is 2.34. The molecule has 26 heavy (non-hydrogen) atoms. The Morgan fingerprint density at radius 3 is 1.92 bits per heavy atom. The fraction of sp³-hybridized carbons (Fsp3) is 0.0588. The van der Waals surface area contributed by atoms with E-state index in [9.17, 15) is 22.8 Å². The van der Waals surface area contributed by atoms with Crippen molar-refractivity contribution in [2.45, 2.75) is 6.18 Å². The number of carbonyl (C=O) groups is 2. The molecule has 0 spiro atoms. The molecule has 0 fully saturated rings. The first-order chi connectivity index (χ1) is 12.3. The molecule has 0 saturated heterocycles. The standard InChI is InChI=1S/C17H11F3N2O4/c18-17(19,20)13-7-12(21-15(23)10-3-5-25-8-10)1-2-14(13)22-16(24)11-4-6-26-9-11/h1-9H,(H,21,23)(H,22,24). The summed E-state index contributed by atoms with van der Waals surface area (Å²) in [7, 11) is 0. The minimum atomic E-state index is -4.74. The second-order valence-corrected chi connectivity index (χ2v) is 5.19. The summed E-state index contributed by atoms with van der Waals surface area (Å²) in [6.07, 6.45) is 0.0373. The molecule has 1 aromatic carbocycles. The molecule has 0 aliphatic rings. The van der Waals surface area contributed by atoms with Crippen molar-refractivity contribution in [1.29, 1.82) is 0 Å². The number of hydrogen-bond donors (Lipinski definition) is 2. The fourth-order valence-electron chi connectivity index (χ4n) is 2.15. The van der Waals surface area contributed by atoms with Gasteiger partial charge in [-0.3, -0.25) is 9.59 Å². The van der Waals surface area contributed by atoms with Crippen molar-refractivity contribution < 1.29 is 31.6 Å². The Hall–Kier alpha value is -3.49. The minimum absolute atomic E-state index is 0.0789. The lowest BCUT2D eigenvalue weighted by atomic mass is 10.1. The second kappa shape index (κ2) is 6.79. The summed E-state index contributed by atoms with van der Waals surface area (Å²) in [4.78, 5) is 23.9.